The molecule has 2 bridgehead atoms. The molecule has 0 radical (unpaired) electrons. The van der Waals surface area contributed by atoms with E-state index in [-0.39, 0.29) is 23.0 Å². The quantitative estimate of drug-likeness (QED) is 0.260. The predicted molar refractivity (Wildman–Crippen MR) is 167 cm³/mol. The van der Waals surface area contributed by atoms with Crippen molar-refractivity contribution in [2.45, 2.75) is 108 Å². The van der Waals surface area contributed by atoms with E-state index >= 15 is 0 Å². The lowest BCUT2D eigenvalue weighted by atomic mass is 9.54. The number of pyridine rings is 1. The molecule has 1 aromatic carbocycles. The molecule has 6 rings (SSSR count). The van der Waals surface area contributed by atoms with Crippen molar-refractivity contribution in [3.63, 3.8) is 0 Å². The zero-order valence-corrected chi connectivity index (χ0v) is 26.8. The number of fused-ring (bicyclic) bond motifs is 3. The van der Waals surface area contributed by atoms with E-state index in [0.29, 0.717) is 36.1 Å². The minimum absolute atomic E-state index is 0.0493. The van der Waals surface area contributed by atoms with Crippen LogP contribution in [0.15, 0.2) is 54.8 Å². The van der Waals surface area contributed by atoms with Crippen molar-refractivity contribution >= 4 is 30.6 Å². The fourth-order valence-corrected chi connectivity index (χ4v) is 15.1. The molecule has 2 aliphatic heterocycles. The van der Waals surface area contributed by atoms with Gasteiger partial charge in [-0.2, -0.15) is 0 Å². The third kappa shape index (κ3) is 4.04. The van der Waals surface area contributed by atoms with Gasteiger partial charge in [-0.3, -0.25) is 9.78 Å². The number of hydrogen-bond acceptors (Lipinski definition) is 5. The van der Waals surface area contributed by atoms with Crippen LogP contribution in [0.1, 0.15) is 79.7 Å². The molecule has 3 heterocycles. The largest absolute Gasteiger partial charge is 0.416 e. The Morgan fingerprint density at radius 2 is 1.83 bits per heavy atom. The molecule has 2 aliphatic carbocycles. The van der Waals surface area contributed by atoms with Crippen molar-refractivity contribution in [2.24, 2.45) is 17.3 Å². The summed E-state index contributed by atoms with van der Waals surface area (Å²) in [6.07, 6.45) is 10.2. The number of hydrogen-bond donors (Lipinski definition) is 1. The number of Topliss-reactive ketones (excluding diaryl/α,β-unsaturated/α-hetero) is 1. The maximum atomic E-state index is 13.9. The van der Waals surface area contributed by atoms with Crippen LogP contribution in [-0.4, -0.2) is 48.1 Å². The monoisotopic (exact) mass is 573 g/mol. The van der Waals surface area contributed by atoms with Crippen LogP contribution >= 0.6 is 0 Å². The van der Waals surface area contributed by atoms with Gasteiger partial charge < -0.3 is 14.3 Å². The number of allylic oxidation sites excluding steroid dienone is 2. The van der Waals surface area contributed by atoms with E-state index in [4.69, 9.17) is 9.16 Å². The number of nitrogens with zero attached hydrogens (tertiary/aromatic N) is 1. The highest BCUT2D eigenvalue weighted by atomic mass is 28.4. The summed E-state index contributed by atoms with van der Waals surface area (Å²) in [5.74, 6) is -0.231. The molecule has 1 saturated heterocycles. The summed E-state index contributed by atoms with van der Waals surface area (Å²) in [4.78, 5) is 18.5. The summed E-state index contributed by atoms with van der Waals surface area (Å²) >= 11 is 0. The van der Waals surface area contributed by atoms with E-state index in [1.807, 2.05) is 18.3 Å². The van der Waals surface area contributed by atoms with Gasteiger partial charge in [0.25, 0.3) is 0 Å². The van der Waals surface area contributed by atoms with Crippen molar-refractivity contribution in [3.8, 4) is 0 Å². The molecule has 220 valence electrons. The molecule has 5 nitrogen and oxygen atoms in total. The Morgan fingerprint density at radius 3 is 2.54 bits per heavy atom. The Balaban J connectivity index is 1.28. The third-order valence-corrected chi connectivity index (χ3v) is 17.6. The predicted octanol–water partition coefficient (Wildman–Crippen LogP) is 7.64. The molecule has 4 aliphatic rings. The fourth-order valence-electron chi connectivity index (χ4n) is 9.65. The maximum absolute atomic E-state index is 13.9. The first-order chi connectivity index (χ1) is 19.4. The second-order valence-electron chi connectivity index (χ2n) is 14.3. The van der Waals surface area contributed by atoms with E-state index in [9.17, 15) is 9.90 Å². The molecule has 1 N–H and O–H groups in total. The van der Waals surface area contributed by atoms with Gasteiger partial charge in [0.05, 0.1) is 11.4 Å². The lowest BCUT2D eigenvalue weighted by Crippen LogP contribution is -2.66. The summed E-state index contributed by atoms with van der Waals surface area (Å²) in [5, 5.41) is 12.6. The Morgan fingerprint density at radius 1 is 1.10 bits per heavy atom. The SMILES string of the molecule is CC(C)[Si](OCC[C@@]12C=C[C@@]3(O1)[C@H](CC[C@]1(C)C(c4ccc5cccnc5c4)=CC[C@@H]31)C(=O)[C@H]2O)(C(C)C)C(C)C. The first-order valence-electron chi connectivity index (χ1n) is 15.7. The van der Waals surface area contributed by atoms with E-state index in [1.165, 1.54) is 11.1 Å². The molecule has 1 spiro atoms. The number of ether oxygens (including phenoxy) is 1. The number of aliphatic hydroxyl groups is 1. The smallest absolute Gasteiger partial charge is 0.200 e. The van der Waals surface area contributed by atoms with Gasteiger partial charge in [-0.05, 0) is 64.6 Å². The van der Waals surface area contributed by atoms with Gasteiger partial charge in [-0.1, -0.05) is 84.9 Å². The highest BCUT2D eigenvalue weighted by Crippen LogP contribution is 2.66. The van der Waals surface area contributed by atoms with Crippen molar-refractivity contribution in [1.29, 1.82) is 0 Å². The molecule has 6 atom stereocenters. The molecule has 6 heteroatoms. The van der Waals surface area contributed by atoms with Gasteiger partial charge in [-0.25, -0.2) is 0 Å². The number of aromatic nitrogens is 1. The second-order valence-corrected chi connectivity index (χ2v) is 19.8. The van der Waals surface area contributed by atoms with Gasteiger partial charge in [0.2, 0.25) is 0 Å². The van der Waals surface area contributed by atoms with Crippen LogP contribution in [0.5, 0.6) is 0 Å². The number of rotatable bonds is 8. The number of ketones is 1. The lowest BCUT2D eigenvalue weighted by molar-refractivity contribution is -0.236. The minimum Gasteiger partial charge on any atom is -0.416 e. The van der Waals surface area contributed by atoms with E-state index in [0.717, 1.165) is 23.7 Å². The van der Waals surface area contributed by atoms with Crippen molar-refractivity contribution in [1.82, 2.24) is 4.98 Å². The minimum atomic E-state index is -2.08. The van der Waals surface area contributed by atoms with Crippen LogP contribution in [-0.2, 0) is 14.0 Å². The Hall–Kier alpha value is -2.12. The summed E-state index contributed by atoms with van der Waals surface area (Å²) in [6.45, 7) is 16.6. The third-order valence-electron chi connectivity index (χ3n) is 11.5. The molecular weight excluding hydrogens is 526 g/mol. The molecule has 0 unspecified atom stereocenters. The summed E-state index contributed by atoms with van der Waals surface area (Å²) < 4.78 is 14.0. The Labute approximate surface area is 246 Å². The van der Waals surface area contributed by atoms with Crippen LogP contribution < -0.4 is 0 Å². The van der Waals surface area contributed by atoms with Crippen molar-refractivity contribution in [3.05, 3.63) is 60.3 Å². The van der Waals surface area contributed by atoms with Crippen LogP contribution in [0.2, 0.25) is 16.6 Å². The van der Waals surface area contributed by atoms with Crippen LogP contribution in [0.25, 0.3) is 16.5 Å². The average Bonchev–Trinajstić information content (AvgIpc) is 3.47. The number of carbonyl (C=O) groups is 1. The summed E-state index contributed by atoms with van der Waals surface area (Å²) in [5.41, 5.74) is 3.11. The number of aliphatic hydroxyl groups excluding tert-OH is 1. The standard InChI is InChI=1S/C35H47NO4Si/c1-22(2)41(23(3)4,24(5)6)39-20-18-34-16-17-35(40-34)28(31(37)32(34)38)14-15-33(7)27(12-13-30(33)35)26-11-10-25-9-8-19-36-29(25)21-26/h8-12,16-17,19,21-24,28,30,32,38H,13-15,18,20H2,1-7H3/t28-,30-,32-,33-,34-,35-/m1/s1. The van der Waals surface area contributed by atoms with Gasteiger partial charge in [0.1, 0.15) is 17.3 Å². The van der Waals surface area contributed by atoms with Crippen LogP contribution in [0, 0.1) is 17.3 Å². The van der Waals surface area contributed by atoms with Gasteiger partial charge in [0, 0.05) is 30.5 Å². The first kappa shape index (κ1) is 29.0. The van der Waals surface area contributed by atoms with Gasteiger partial charge in [-0.15, -0.1) is 0 Å². The summed E-state index contributed by atoms with van der Waals surface area (Å²) in [6, 6.07) is 10.6. The molecule has 2 fully saturated rings. The van der Waals surface area contributed by atoms with Crippen molar-refractivity contribution < 1.29 is 19.1 Å². The molecule has 41 heavy (non-hydrogen) atoms. The van der Waals surface area contributed by atoms with Crippen molar-refractivity contribution in [2.75, 3.05) is 6.61 Å². The fraction of sp³-hybridized carbons (Fsp3) is 0.600. The normalized spacial score (nSPS) is 34.6. The van der Waals surface area contributed by atoms with Crippen LogP contribution in [0.4, 0.5) is 0 Å². The lowest BCUT2D eigenvalue weighted by Gasteiger charge is -2.57. The topological polar surface area (TPSA) is 68.7 Å². The Kier molecular flexibility index (Phi) is 7.05. The Bertz CT molecular complexity index is 1390. The zero-order chi connectivity index (χ0) is 29.4. The van der Waals surface area contributed by atoms with Gasteiger partial charge >= 0.3 is 0 Å². The first-order valence-corrected chi connectivity index (χ1v) is 17.9. The second kappa shape index (κ2) is 9.97. The maximum Gasteiger partial charge on any atom is 0.200 e. The van der Waals surface area contributed by atoms with E-state index in [1.54, 1.807) is 0 Å². The number of benzene rings is 1. The molecular formula is C35H47NO4Si. The molecule has 2 aromatic rings. The number of carbonyl (C=O) groups excluding carboxylic acids is 1. The molecule has 1 saturated carbocycles. The van der Waals surface area contributed by atoms with Crippen LogP contribution in [0.3, 0.4) is 0 Å². The van der Waals surface area contributed by atoms with Gasteiger partial charge in [0.15, 0.2) is 14.1 Å². The van der Waals surface area contributed by atoms with E-state index < -0.39 is 25.6 Å². The zero-order valence-electron chi connectivity index (χ0n) is 25.8. The molecule has 1 aromatic heterocycles. The van der Waals surface area contributed by atoms with E-state index in [2.05, 4.69) is 89.9 Å². The average molecular weight is 574 g/mol. The highest BCUT2D eigenvalue weighted by molar-refractivity contribution is 6.77. The molecule has 0 amide bonds. The highest BCUT2D eigenvalue weighted by Gasteiger charge is 2.69. The summed E-state index contributed by atoms with van der Waals surface area (Å²) in [7, 11) is -2.08.